The van der Waals surface area contributed by atoms with Crippen molar-refractivity contribution in [3.8, 4) is 5.75 Å². The van der Waals surface area contributed by atoms with Gasteiger partial charge in [-0.25, -0.2) is 0 Å². The molecule has 1 aliphatic heterocycles. The number of pyridine rings is 1. The molecule has 5 nitrogen and oxygen atoms in total. The first-order valence-corrected chi connectivity index (χ1v) is 9.61. The molecule has 0 radical (unpaired) electrons. The van der Waals surface area contributed by atoms with Gasteiger partial charge in [-0.15, -0.1) is 0 Å². The second-order valence-electron chi connectivity index (χ2n) is 8.03. The van der Waals surface area contributed by atoms with Crippen LogP contribution in [0, 0.1) is 17.8 Å². The molecule has 3 aliphatic rings. The summed E-state index contributed by atoms with van der Waals surface area (Å²) >= 11 is 0. The zero-order valence-electron chi connectivity index (χ0n) is 15.2. The van der Waals surface area contributed by atoms with Gasteiger partial charge in [-0.05, 0) is 55.5 Å². The van der Waals surface area contributed by atoms with Crippen LogP contribution in [0.3, 0.4) is 0 Å². The van der Waals surface area contributed by atoms with Gasteiger partial charge < -0.3 is 10.1 Å². The Kier molecular flexibility index (Phi) is 3.61. The number of nitrogens with zero attached hydrogens (tertiary/aromatic N) is 1. The van der Waals surface area contributed by atoms with E-state index >= 15 is 0 Å². The molecule has 27 heavy (non-hydrogen) atoms. The van der Waals surface area contributed by atoms with Crippen LogP contribution >= 0.6 is 0 Å². The largest absolute Gasteiger partial charge is 0.486 e. The zero-order valence-corrected chi connectivity index (χ0v) is 15.2. The van der Waals surface area contributed by atoms with Gasteiger partial charge in [-0.1, -0.05) is 12.1 Å². The van der Waals surface area contributed by atoms with E-state index in [2.05, 4.69) is 10.3 Å². The van der Waals surface area contributed by atoms with E-state index in [-0.39, 0.29) is 29.6 Å². The minimum Gasteiger partial charge on any atom is -0.486 e. The van der Waals surface area contributed by atoms with Gasteiger partial charge in [-0.2, -0.15) is 0 Å². The van der Waals surface area contributed by atoms with Crippen molar-refractivity contribution in [3.05, 3.63) is 59.9 Å². The van der Waals surface area contributed by atoms with Crippen LogP contribution in [0.4, 0.5) is 0 Å². The Labute approximate surface area is 158 Å². The third-order valence-corrected chi connectivity index (χ3v) is 6.50. The molecule has 1 N–H and O–H groups in total. The lowest BCUT2D eigenvalue weighted by molar-refractivity contribution is -0.124. The van der Waals surface area contributed by atoms with Crippen molar-refractivity contribution in [2.75, 3.05) is 0 Å². The summed E-state index contributed by atoms with van der Waals surface area (Å²) in [4.78, 5) is 29.6. The fraction of sp³-hybridized carbons (Fsp3) is 0.409. The number of amides is 1. The molecule has 5 rings (SSSR count). The van der Waals surface area contributed by atoms with Crippen molar-refractivity contribution in [2.45, 2.75) is 37.8 Å². The number of ketones is 1. The Balaban J connectivity index is 1.33. The molecule has 1 spiro atoms. The molecule has 2 saturated carbocycles. The third-order valence-electron chi connectivity index (χ3n) is 6.50. The van der Waals surface area contributed by atoms with Gasteiger partial charge in [0.1, 0.15) is 11.4 Å². The molecule has 5 heteroatoms. The molecule has 0 saturated heterocycles. The summed E-state index contributed by atoms with van der Waals surface area (Å²) in [6.07, 6.45) is 5.65. The summed E-state index contributed by atoms with van der Waals surface area (Å²) in [5.74, 6) is 1.29. The molecule has 2 heterocycles. The average molecular weight is 362 g/mol. The normalized spacial score (nSPS) is 31.6. The Morgan fingerprint density at radius 1 is 1.26 bits per heavy atom. The lowest BCUT2D eigenvalue weighted by Gasteiger charge is -2.37. The van der Waals surface area contributed by atoms with E-state index in [0.29, 0.717) is 23.7 Å². The van der Waals surface area contributed by atoms with E-state index in [4.69, 9.17) is 4.74 Å². The highest BCUT2D eigenvalue weighted by Crippen LogP contribution is 2.65. The number of para-hydroxylation sites is 1. The molecule has 2 aliphatic carbocycles. The molecular formula is C22H22N2O3. The first kappa shape index (κ1) is 16.5. The number of carbonyl (C=O) groups is 2. The SMILES string of the molecule is C[C@H](NC(=O)[C@@H]1[C@H]2CC[C@@]3(CC(=O)c4ccccc4O3)[C@@H]21)c1ccncc1. The zero-order chi connectivity index (χ0) is 18.6. The van der Waals surface area contributed by atoms with Gasteiger partial charge in [0.15, 0.2) is 5.78 Å². The molecule has 2 fully saturated rings. The quantitative estimate of drug-likeness (QED) is 0.909. The van der Waals surface area contributed by atoms with Gasteiger partial charge >= 0.3 is 0 Å². The second kappa shape index (κ2) is 5.91. The van der Waals surface area contributed by atoms with Crippen LogP contribution in [0.5, 0.6) is 5.75 Å². The average Bonchev–Trinajstić information content (AvgIpc) is 3.34. The van der Waals surface area contributed by atoms with E-state index < -0.39 is 5.60 Å². The molecule has 5 atom stereocenters. The Morgan fingerprint density at radius 3 is 2.85 bits per heavy atom. The smallest absolute Gasteiger partial charge is 0.224 e. The lowest BCUT2D eigenvalue weighted by Crippen LogP contribution is -2.44. The highest BCUT2D eigenvalue weighted by molar-refractivity contribution is 6.00. The minimum atomic E-state index is -0.502. The fourth-order valence-corrected chi connectivity index (χ4v) is 5.16. The van der Waals surface area contributed by atoms with Gasteiger partial charge in [0.25, 0.3) is 0 Å². The summed E-state index contributed by atoms with van der Waals surface area (Å²) < 4.78 is 6.37. The Bertz CT molecular complexity index is 913. The van der Waals surface area contributed by atoms with Crippen molar-refractivity contribution in [1.82, 2.24) is 10.3 Å². The van der Waals surface area contributed by atoms with Crippen molar-refractivity contribution in [2.24, 2.45) is 17.8 Å². The number of carbonyl (C=O) groups excluding carboxylic acids is 2. The standard InChI is InChI=1S/C22H22N2O3/c1-13(14-7-10-23-11-8-14)24-21(26)19-16-6-9-22(20(16)19)12-17(25)15-4-2-3-5-18(15)27-22/h2-5,7-8,10-11,13,16,19-20H,6,9,12H2,1H3,(H,24,26)/t13-,16+,19+,20-,22+/m0/s1. The molecule has 0 unspecified atom stereocenters. The van der Waals surface area contributed by atoms with E-state index in [1.807, 2.05) is 43.3 Å². The molecule has 1 aromatic carbocycles. The summed E-state index contributed by atoms with van der Waals surface area (Å²) in [5.41, 5.74) is 1.20. The molecular weight excluding hydrogens is 340 g/mol. The summed E-state index contributed by atoms with van der Waals surface area (Å²) in [5, 5.41) is 3.13. The minimum absolute atomic E-state index is 0.0545. The van der Waals surface area contributed by atoms with Crippen molar-refractivity contribution < 1.29 is 14.3 Å². The molecule has 138 valence electrons. The number of fused-ring (bicyclic) bond motifs is 3. The summed E-state index contributed by atoms with van der Waals surface area (Å²) in [7, 11) is 0. The maximum atomic E-state index is 12.9. The van der Waals surface area contributed by atoms with E-state index in [9.17, 15) is 9.59 Å². The molecule has 1 aromatic heterocycles. The highest BCUT2D eigenvalue weighted by atomic mass is 16.5. The van der Waals surface area contributed by atoms with Gasteiger partial charge in [0.2, 0.25) is 5.91 Å². The lowest BCUT2D eigenvalue weighted by atomic mass is 9.84. The first-order valence-electron chi connectivity index (χ1n) is 9.61. The number of rotatable bonds is 3. The van der Waals surface area contributed by atoms with Crippen LogP contribution in [-0.2, 0) is 4.79 Å². The van der Waals surface area contributed by atoms with Crippen molar-refractivity contribution in [1.29, 1.82) is 0 Å². The van der Waals surface area contributed by atoms with Gasteiger partial charge in [0, 0.05) is 24.2 Å². The van der Waals surface area contributed by atoms with E-state index in [1.54, 1.807) is 12.4 Å². The van der Waals surface area contributed by atoms with Crippen LogP contribution in [0.25, 0.3) is 0 Å². The van der Waals surface area contributed by atoms with Crippen LogP contribution in [0.15, 0.2) is 48.8 Å². The summed E-state index contributed by atoms with van der Waals surface area (Å²) in [6, 6.07) is 11.2. The Hall–Kier alpha value is -2.69. The van der Waals surface area contributed by atoms with E-state index in [1.165, 1.54) is 0 Å². The number of Topliss-reactive ketones (excluding diaryl/α,β-unsaturated/α-hetero) is 1. The molecule has 2 aromatic rings. The Morgan fingerprint density at radius 2 is 2.04 bits per heavy atom. The van der Waals surface area contributed by atoms with Crippen LogP contribution in [-0.4, -0.2) is 22.3 Å². The van der Waals surface area contributed by atoms with Crippen molar-refractivity contribution >= 4 is 11.7 Å². The number of hydrogen-bond donors (Lipinski definition) is 1. The summed E-state index contributed by atoms with van der Waals surface area (Å²) in [6.45, 7) is 1.98. The molecule has 0 bridgehead atoms. The van der Waals surface area contributed by atoms with Crippen LogP contribution in [0.1, 0.15) is 48.1 Å². The van der Waals surface area contributed by atoms with Gasteiger partial charge in [-0.3, -0.25) is 14.6 Å². The topological polar surface area (TPSA) is 68.3 Å². The highest BCUT2D eigenvalue weighted by Gasteiger charge is 2.70. The molecule has 1 amide bonds. The van der Waals surface area contributed by atoms with Crippen LogP contribution in [0.2, 0.25) is 0 Å². The predicted octanol–water partition coefficient (Wildman–Crippen LogP) is 3.32. The van der Waals surface area contributed by atoms with E-state index in [0.717, 1.165) is 18.4 Å². The second-order valence-corrected chi connectivity index (χ2v) is 8.03. The van der Waals surface area contributed by atoms with Gasteiger partial charge in [0.05, 0.1) is 18.0 Å². The fourth-order valence-electron chi connectivity index (χ4n) is 5.16. The van der Waals surface area contributed by atoms with Crippen molar-refractivity contribution in [3.63, 3.8) is 0 Å². The maximum absolute atomic E-state index is 12.9. The number of benzene rings is 1. The number of aromatic nitrogens is 1. The number of hydrogen-bond acceptors (Lipinski definition) is 4. The third kappa shape index (κ3) is 2.56. The predicted molar refractivity (Wildman–Crippen MR) is 99.2 cm³/mol. The number of ether oxygens (including phenoxy) is 1. The van der Waals surface area contributed by atoms with Crippen LogP contribution < -0.4 is 10.1 Å². The first-order chi connectivity index (χ1) is 13.1. The maximum Gasteiger partial charge on any atom is 0.224 e. The number of nitrogens with one attached hydrogen (secondary N) is 1. The monoisotopic (exact) mass is 362 g/mol.